The molecule has 11 heteroatoms. The van der Waals surface area contributed by atoms with Crippen LogP contribution >= 0.6 is 23.2 Å². The number of anilines is 1. The third-order valence-corrected chi connectivity index (χ3v) is 4.63. The van der Waals surface area contributed by atoms with Gasteiger partial charge in [0.05, 0.1) is 22.6 Å². The van der Waals surface area contributed by atoms with Crippen molar-refractivity contribution < 1.29 is 23.6 Å². The molecule has 0 spiro atoms. The van der Waals surface area contributed by atoms with Crippen LogP contribution in [0, 0.1) is 15.9 Å². The summed E-state index contributed by atoms with van der Waals surface area (Å²) in [4.78, 5) is 26.2. The fraction of sp³-hybridized carbons (Fsp3) is 0.0476. The van der Waals surface area contributed by atoms with Crippen LogP contribution in [0.4, 0.5) is 20.6 Å². The van der Waals surface area contributed by atoms with Crippen LogP contribution in [0.3, 0.4) is 0 Å². The van der Waals surface area contributed by atoms with E-state index < -0.39 is 16.8 Å². The molecule has 0 atom stereocenters. The van der Waals surface area contributed by atoms with Gasteiger partial charge in [-0.15, -0.1) is 0 Å². The Morgan fingerprint density at radius 2 is 1.84 bits per heavy atom. The van der Waals surface area contributed by atoms with Crippen molar-refractivity contribution in [3.8, 4) is 11.5 Å². The average molecular weight is 478 g/mol. The molecule has 3 rings (SSSR count). The van der Waals surface area contributed by atoms with Gasteiger partial charge in [0.25, 0.3) is 5.69 Å². The quantitative estimate of drug-likeness (QED) is 0.196. The van der Waals surface area contributed by atoms with E-state index in [1.807, 2.05) is 0 Å². The highest BCUT2D eigenvalue weighted by molar-refractivity contribution is 6.33. The van der Waals surface area contributed by atoms with Crippen LogP contribution in [0.1, 0.15) is 5.56 Å². The molecule has 3 aromatic carbocycles. The van der Waals surface area contributed by atoms with E-state index in [-0.39, 0.29) is 38.7 Å². The number of benzene rings is 3. The first kappa shape index (κ1) is 23.0. The first-order valence-electron chi connectivity index (χ1n) is 8.88. The molecule has 0 unspecified atom stereocenters. The van der Waals surface area contributed by atoms with Crippen molar-refractivity contribution >= 4 is 46.5 Å². The maximum atomic E-state index is 13.9. The van der Waals surface area contributed by atoms with E-state index >= 15 is 0 Å². The third kappa shape index (κ3) is 5.51. The molecule has 0 aromatic heterocycles. The summed E-state index contributed by atoms with van der Waals surface area (Å²) in [6, 6.07) is 13.2. The molecule has 0 aliphatic carbocycles. The zero-order valence-electron chi connectivity index (χ0n) is 16.3. The van der Waals surface area contributed by atoms with Gasteiger partial charge in [0.1, 0.15) is 22.3 Å². The molecule has 0 fully saturated rings. The lowest BCUT2D eigenvalue weighted by atomic mass is 10.2. The van der Waals surface area contributed by atoms with Crippen molar-refractivity contribution in [1.29, 1.82) is 0 Å². The Balaban J connectivity index is 1.74. The highest BCUT2D eigenvalue weighted by Crippen LogP contribution is 2.35. The summed E-state index contributed by atoms with van der Waals surface area (Å²) in [5.74, 6) is -0.320. The van der Waals surface area contributed by atoms with Gasteiger partial charge in [0.2, 0.25) is 5.90 Å². The number of methoxy groups -OCH3 is 1. The standard InChI is InChI=1S/C21H14Cl2FN3O5/c1-31-20(14-4-2-3-5-17(14)24)26-21(28)25-12-6-9-19(16(23)10-12)32-13-7-8-18(27(29)30)15(22)11-13/h2-11H,1H3,(H,25,28)/b26-20-. The van der Waals surface area contributed by atoms with Gasteiger partial charge in [-0.25, -0.2) is 9.18 Å². The molecular formula is C21H14Cl2FN3O5. The van der Waals surface area contributed by atoms with Gasteiger partial charge in [-0.1, -0.05) is 35.3 Å². The molecule has 1 N–H and O–H groups in total. The fourth-order valence-corrected chi connectivity index (χ4v) is 3.04. The minimum Gasteiger partial charge on any atom is -0.480 e. The largest absolute Gasteiger partial charge is 0.480 e. The summed E-state index contributed by atoms with van der Waals surface area (Å²) in [7, 11) is 1.27. The van der Waals surface area contributed by atoms with Crippen molar-refractivity contribution in [3.63, 3.8) is 0 Å². The van der Waals surface area contributed by atoms with E-state index in [0.29, 0.717) is 5.69 Å². The van der Waals surface area contributed by atoms with E-state index in [9.17, 15) is 19.3 Å². The van der Waals surface area contributed by atoms with Gasteiger partial charge in [0.15, 0.2) is 0 Å². The Hall–Kier alpha value is -3.69. The first-order valence-corrected chi connectivity index (χ1v) is 9.64. The highest BCUT2D eigenvalue weighted by Gasteiger charge is 2.15. The van der Waals surface area contributed by atoms with Gasteiger partial charge in [-0.2, -0.15) is 4.99 Å². The SMILES string of the molecule is CO/C(=N\C(=O)Nc1ccc(Oc2ccc([N+](=O)[O-])c(Cl)c2)c(Cl)c1)c1ccccc1F. The number of amides is 2. The van der Waals surface area contributed by atoms with E-state index in [2.05, 4.69) is 10.3 Å². The second-order valence-corrected chi connectivity index (χ2v) is 6.96. The first-order chi connectivity index (χ1) is 15.3. The highest BCUT2D eigenvalue weighted by atomic mass is 35.5. The minimum atomic E-state index is -0.808. The van der Waals surface area contributed by atoms with Crippen molar-refractivity contribution in [2.45, 2.75) is 0 Å². The monoisotopic (exact) mass is 477 g/mol. The summed E-state index contributed by atoms with van der Waals surface area (Å²) < 4.78 is 24.5. The molecule has 32 heavy (non-hydrogen) atoms. The van der Waals surface area contributed by atoms with Gasteiger partial charge >= 0.3 is 6.03 Å². The summed E-state index contributed by atoms with van der Waals surface area (Å²) >= 11 is 12.1. The molecule has 0 aliphatic rings. The number of hydrogen-bond donors (Lipinski definition) is 1. The zero-order chi connectivity index (χ0) is 23.3. The molecule has 0 saturated heterocycles. The lowest BCUT2D eigenvalue weighted by Gasteiger charge is -2.10. The van der Waals surface area contributed by atoms with Crippen LogP contribution in [0.2, 0.25) is 10.0 Å². The molecule has 0 aliphatic heterocycles. The number of aliphatic imine (C=N–C) groups is 1. The number of carbonyl (C=O) groups excluding carboxylic acids is 1. The number of hydrogen-bond acceptors (Lipinski definition) is 5. The average Bonchev–Trinajstić information content (AvgIpc) is 2.74. The zero-order valence-corrected chi connectivity index (χ0v) is 17.9. The number of urea groups is 1. The van der Waals surface area contributed by atoms with Crippen molar-refractivity contribution in [3.05, 3.63) is 92.2 Å². The van der Waals surface area contributed by atoms with Crippen LogP contribution in [0.25, 0.3) is 0 Å². The molecule has 2 amide bonds. The second kappa shape index (κ2) is 10.1. The fourth-order valence-electron chi connectivity index (χ4n) is 2.58. The van der Waals surface area contributed by atoms with E-state index in [0.717, 1.165) is 0 Å². The van der Waals surface area contributed by atoms with Gasteiger partial charge in [-0.05, 0) is 36.4 Å². The molecule has 0 bridgehead atoms. The van der Waals surface area contributed by atoms with Crippen molar-refractivity contribution in [2.24, 2.45) is 4.99 Å². The van der Waals surface area contributed by atoms with Crippen molar-refractivity contribution in [2.75, 3.05) is 12.4 Å². The summed E-state index contributed by atoms with van der Waals surface area (Å²) in [6.07, 6.45) is 0. The van der Waals surface area contributed by atoms with Gasteiger partial charge in [0, 0.05) is 17.8 Å². The lowest BCUT2D eigenvalue weighted by Crippen LogP contribution is -2.13. The normalized spacial score (nSPS) is 11.1. The minimum absolute atomic E-state index is 0.0358. The number of ether oxygens (including phenoxy) is 2. The van der Waals surface area contributed by atoms with E-state index in [1.165, 1.54) is 61.7 Å². The summed E-state index contributed by atoms with van der Waals surface area (Å²) in [5, 5.41) is 13.4. The Morgan fingerprint density at radius 1 is 1.09 bits per heavy atom. The topological polar surface area (TPSA) is 103 Å². The molecular weight excluding hydrogens is 464 g/mol. The Kier molecular flexibility index (Phi) is 7.24. The number of carbonyl (C=O) groups is 1. The molecule has 3 aromatic rings. The predicted molar refractivity (Wildman–Crippen MR) is 119 cm³/mol. The molecule has 164 valence electrons. The smallest absolute Gasteiger partial charge is 0.348 e. The van der Waals surface area contributed by atoms with Gasteiger partial charge < -0.3 is 14.8 Å². The Bertz CT molecular complexity index is 1220. The lowest BCUT2D eigenvalue weighted by molar-refractivity contribution is -0.384. The maximum Gasteiger partial charge on any atom is 0.348 e. The Labute approximate surface area is 191 Å². The number of nitro groups is 1. The van der Waals surface area contributed by atoms with Crippen LogP contribution < -0.4 is 10.1 Å². The third-order valence-electron chi connectivity index (χ3n) is 4.03. The predicted octanol–water partition coefficient (Wildman–Crippen LogP) is 6.46. The molecule has 0 radical (unpaired) electrons. The van der Waals surface area contributed by atoms with Crippen LogP contribution in [-0.4, -0.2) is 24.0 Å². The Morgan fingerprint density at radius 3 is 2.47 bits per heavy atom. The van der Waals surface area contributed by atoms with Gasteiger partial charge in [-0.3, -0.25) is 10.1 Å². The van der Waals surface area contributed by atoms with Crippen LogP contribution in [0.5, 0.6) is 11.5 Å². The number of halogens is 3. The second-order valence-electron chi connectivity index (χ2n) is 6.15. The van der Waals surface area contributed by atoms with E-state index in [4.69, 9.17) is 32.7 Å². The number of nitro benzene ring substituents is 1. The van der Waals surface area contributed by atoms with Crippen molar-refractivity contribution in [1.82, 2.24) is 0 Å². The number of nitrogens with one attached hydrogen (secondary N) is 1. The summed E-state index contributed by atoms with van der Waals surface area (Å²) in [5.41, 5.74) is 0.0741. The van der Waals surface area contributed by atoms with Crippen LogP contribution in [-0.2, 0) is 4.74 Å². The van der Waals surface area contributed by atoms with E-state index in [1.54, 1.807) is 6.07 Å². The van der Waals surface area contributed by atoms with Crippen LogP contribution in [0.15, 0.2) is 65.7 Å². The number of nitrogens with zero attached hydrogens (tertiary/aromatic N) is 2. The maximum absolute atomic E-state index is 13.9. The molecule has 0 heterocycles. The molecule has 8 nitrogen and oxygen atoms in total. The molecule has 0 saturated carbocycles. The number of rotatable bonds is 5. The summed E-state index contributed by atoms with van der Waals surface area (Å²) in [6.45, 7) is 0.